The van der Waals surface area contributed by atoms with Crippen molar-refractivity contribution in [1.82, 2.24) is 10.6 Å². The van der Waals surface area contributed by atoms with Crippen molar-refractivity contribution in [3.63, 3.8) is 0 Å². The maximum Gasteiger partial charge on any atom is 0.191 e. The van der Waals surface area contributed by atoms with E-state index in [4.69, 9.17) is 9.47 Å². The minimum absolute atomic E-state index is 0. The molecule has 1 atom stereocenters. The molecule has 2 aromatic carbocycles. The number of methoxy groups -OCH3 is 1. The maximum atomic E-state index is 12.3. The van der Waals surface area contributed by atoms with E-state index < -0.39 is 10.8 Å². The van der Waals surface area contributed by atoms with Crippen LogP contribution < -0.4 is 15.4 Å². The lowest BCUT2D eigenvalue weighted by molar-refractivity contribution is 0.171. The molecule has 0 radical (unpaired) electrons. The van der Waals surface area contributed by atoms with Gasteiger partial charge in [-0.05, 0) is 24.1 Å². The summed E-state index contributed by atoms with van der Waals surface area (Å²) in [5.74, 6) is 2.69. The normalized spacial score (nSPS) is 12.0. The first-order chi connectivity index (χ1) is 14.6. The highest BCUT2D eigenvalue weighted by atomic mass is 127. The molecule has 0 saturated heterocycles. The van der Waals surface area contributed by atoms with Gasteiger partial charge in [-0.2, -0.15) is 0 Å². The zero-order valence-electron chi connectivity index (χ0n) is 18.6. The fraction of sp³-hybridized carbons (Fsp3) is 0.435. The van der Waals surface area contributed by atoms with Crippen molar-refractivity contribution in [3.8, 4) is 5.75 Å². The van der Waals surface area contributed by atoms with Gasteiger partial charge in [0.1, 0.15) is 5.75 Å². The summed E-state index contributed by atoms with van der Waals surface area (Å²) in [6, 6.07) is 16.1. The van der Waals surface area contributed by atoms with Crippen LogP contribution in [-0.4, -0.2) is 49.8 Å². The standard InChI is InChI=1S/C23H33N3O3S.HI/c1-19-10-11-21(22(16-19)29-14-7-13-28-3)17-26-23(24-2)25-12-15-30(27)18-20-8-5-4-6-9-20;/h4-6,8-11,16H,7,12-15,17-18H2,1-3H3,(H2,24,25,26);1H. The monoisotopic (exact) mass is 559 g/mol. The number of rotatable bonds is 12. The predicted octanol–water partition coefficient (Wildman–Crippen LogP) is 3.64. The fourth-order valence-corrected chi connectivity index (χ4v) is 3.88. The number of aliphatic imine (C=N–C) groups is 1. The van der Waals surface area contributed by atoms with Gasteiger partial charge in [-0.15, -0.1) is 24.0 Å². The Morgan fingerprint density at radius 2 is 1.87 bits per heavy atom. The second kappa shape index (κ2) is 16.0. The second-order valence-corrected chi connectivity index (χ2v) is 8.51. The van der Waals surface area contributed by atoms with E-state index in [9.17, 15) is 4.21 Å². The molecule has 1 unspecified atom stereocenters. The smallest absolute Gasteiger partial charge is 0.191 e. The number of nitrogens with zero attached hydrogens (tertiary/aromatic N) is 1. The molecule has 0 bridgehead atoms. The molecule has 0 aliphatic heterocycles. The van der Waals surface area contributed by atoms with Gasteiger partial charge in [0.25, 0.3) is 0 Å². The third-order valence-electron chi connectivity index (χ3n) is 4.44. The molecule has 0 aliphatic carbocycles. The van der Waals surface area contributed by atoms with Crippen molar-refractivity contribution in [2.24, 2.45) is 4.99 Å². The van der Waals surface area contributed by atoms with Gasteiger partial charge in [-0.25, -0.2) is 0 Å². The third kappa shape index (κ3) is 11.0. The summed E-state index contributed by atoms with van der Waals surface area (Å²) in [6.07, 6.45) is 0.848. The molecule has 2 aromatic rings. The summed E-state index contributed by atoms with van der Waals surface area (Å²) in [5, 5.41) is 6.54. The van der Waals surface area contributed by atoms with Crippen LogP contribution in [-0.2, 0) is 27.8 Å². The van der Waals surface area contributed by atoms with E-state index in [1.165, 1.54) is 0 Å². The van der Waals surface area contributed by atoms with Gasteiger partial charge >= 0.3 is 0 Å². The fourth-order valence-electron chi connectivity index (χ4n) is 2.84. The molecule has 0 aromatic heterocycles. The van der Waals surface area contributed by atoms with Crippen LogP contribution in [0.1, 0.15) is 23.1 Å². The lowest BCUT2D eigenvalue weighted by atomic mass is 10.1. The van der Waals surface area contributed by atoms with Crippen LogP contribution in [0, 0.1) is 6.92 Å². The van der Waals surface area contributed by atoms with Crippen LogP contribution in [0.25, 0.3) is 0 Å². The molecule has 0 amide bonds. The second-order valence-electron chi connectivity index (χ2n) is 6.93. The van der Waals surface area contributed by atoms with E-state index in [1.54, 1.807) is 14.2 Å². The van der Waals surface area contributed by atoms with E-state index in [0.717, 1.165) is 28.9 Å². The van der Waals surface area contributed by atoms with Gasteiger partial charge in [0.15, 0.2) is 5.96 Å². The van der Waals surface area contributed by atoms with E-state index in [0.29, 0.717) is 43.8 Å². The van der Waals surface area contributed by atoms with Crippen molar-refractivity contribution in [3.05, 3.63) is 65.2 Å². The molecule has 0 heterocycles. The highest BCUT2D eigenvalue weighted by molar-refractivity contribution is 14.0. The van der Waals surface area contributed by atoms with Crippen LogP contribution in [0.4, 0.5) is 0 Å². The number of ether oxygens (including phenoxy) is 2. The van der Waals surface area contributed by atoms with Crippen LogP contribution in [0.5, 0.6) is 5.75 Å². The number of aryl methyl sites for hydroxylation is 1. The highest BCUT2D eigenvalue weighted by Crippen LogP contribution is 2.20. The van der Waals surface area contributed by atoms with Gasteiger partial charge in [0.05, 0.1) is 6.61 Å². The minimum Gasteiger partial charge on any atom is -0.493 e. The summed E-state index contributed by atoms with van der Waals surface area (Å²) >= 11 is 0. The molecular formula is C23H34IN3O3S. The quantitative estimate of drug-likeness (QED) is 0.180. The van der Waals surface area contributed by atoms with Gasteiger partial charge < -0.3 is 20.1 Å². The van der Waals surface area contributed by atoms with Crippen LogP contribution >= 0.6 is 24.0 Å². The summed E-state index contributed by atoms with van der Waals surface area (Å²) in [4.78, 5) is 4.26. The molecule has 0 saturated carbocycles. The number of guanidine groups is 1. The van der Waals surface area contributed by atoms with Gasteiger partial charge in [0, 0.05) is 68.1 Å². The SMILES string of the molecule is CN=C(NCCS(=O)Cc1ccccc1)NCc1ccc(C)cc1OCCCOC.I. The largest absolute Gasteiger partial charge is 0.493 e. The summed E-state index contributed by atoms with van der Waals surface area (Å²) in [7, 11) is 2.51. The molecule has 2 rings (SSSR count). The average Bonchev–Trinajstić information content (AvgIpc) is 2.75. The van der Waals surface area contributed by atoms with Crippen LogP contribution in [0.2, 0.25) is 0 Å². The number of hydrogen-bond acceptors (Lipinski definition) is 4. The Balaban J connectivity index is 0.00000480. The van der Waals surface area contributed by atoms with Crippen LogP contribution in [0.3, 0.4) is 0 Å². The molecular weight excluding hydrogens is 525 g/mol. The minimum atomic E-state index is -0.917. The molecule has 6 nitrogen and oxygen atoms in total. The predicted molar refractivity (Wildman–Crippen MR) is 140 cm³/mol. The van der Waals surface area contributed by atoms with Crippen molar-refractivity contribution < 1.29 is 13.7 Å². The van der Waals surface area contributed by atoms with Crippen molar-refractivity contribution in [2.45, 2.75) is 25.6 Å². The lowest BCUT2D eigenvalue weighted by Crippen LogP contribution is -2.38. The van der Waals surface area contributed by atoms with Crippen LogP contribution in [0.15, 0.2) is 53.5 Å². The van der Waals surface area contributed by atoms with E-state index in [1.807, 2.05) is 36.4 Å². The molecule has 172 valence electrons. The number of benzene rings is 2. The number of halogens is 1. The van der Waals surface area contributed by atoms with Crippen molar-refractivity contribution >= 4 is 40.7 Å². The first kappa shape index (κ1) is 27.4. The Hall–Kier alpha value is -1.65. The molecule has 31 heavy (non-hydrogen) atoms. The molecule has 2 N–H and O–H groups in total. The number of nitrogens with one attached hydrogen (secondary N) is 2. The topological polar surface area (TPSA) is 72.0 Å². The molecule has 8 heteroatoms. The van der Waals surface area contributed by atoms with Gasteiger partial charge in [-0.3, -0.25) is 9.20 Å². The lowest BCUT2D eigenvalue weighted by Gasteiger charge is -2.15. The Labute approximate surface area is 205 Å². The Morgan fingerprint density at radius 1 is 1.10 bits per heavy atom. The summed E-state index contributed by atoms with van der Waals surface area (Å²) in [6.45, 7) is 4.53. The van der Waals surface area contributed by atoms with E-state index in [2.05, 4.69) is 34.7 Å². The Kier molecular flexibility index (Phi) is 14.2. The zero-order valence-corrected chi connectivity index (χ0v) is 21.7. The zero-order chi connectivity index (χ0) is 21.6. The number of hydrogen-bond donors (Lipinski definition) is 2. The maximum absolute atomic E-state index is 12.3. The Morgan fingerprint density at radius 3 is 2.58 bits per heavy atom. The first-order valence-corrected chi connectivity index (χ1v) is 11.7. The molecule has 0 spiro atoms. The highest BCUT2D eigenvalue weighted by Gasteiger charge is 2.07. The van der Waals surface area contributed by atoms with E-state index in [-0.39, 0.29) is 24.0 Å². The van der Waals surface area contributed by atoms with Gasteiger partial charge in [-0.1, -0.05) is 42.5 Å². The Bertz CT molecular complexity index is 819. The first-order valence-electron chi connectivity index (χ1n) is 10.2. The summed E-state index contributed by atoms with van der Waals surface area (Å²) < 4.78 is 23.3. The summed E-state index contributed by atoms with van der Waals surface area (Å²) in [5.41, 5.74) is 3.31. The molecule has 0 fully saturated rings. The average molecular weight is 560 g/mol. The van der Waals surface area contributed by atoms with E-state index >= 15 is 0 Å². The third-order valence-corrected chi connectivity index (χ3v) is 5.75. The van der Waals surface area contributed by atoms with Crippen molar-refractivity contribution in [1.29, 1.82) is 0 Å². The van der Waals surface area contributed by atoms with Gasteiger partial charge in [0.2, 0.25) is 0 Å². The van der Waals surface area contributed by atoms with Crippen molar-refractivity contribution in [2.75, 3.05) is 39.7 Å². The molecule has 0 aliphatic rings.